The van der Waals surface area contributed by atoms with E-state index in [-0.39, 0.29) is 23.4 Å². The molecule has 0 saturated heterocycles. The highest BCUT2D eigenvalue weighted by atomic mass is 32.2. The van der Waals surface area contributed by atoms with Crippen molar-refractivity contribution in [1.82, 2.24) is 10.0 Å². The van der Waals surface area contributed by atoms with Crippen molar-refractivity contribution in [3.63, 3.8) is 0 Å². The molecule has 0 radical (unpaired) electrons. The van der Waals surface area contributed by atoms with Crippen LogP contribution in [-0.4, -0.2) is 20.4 Å². The third-order valence-electron chi connectivity index (χ3n) is 4.53. The van der Waals surface area contributed by atoms with Crippen molar-refractivity contribution in [3.8, 4) is 0 Å². The van der Waals surface area contributed by atoms with Crippen molar-refractivity contribution >= 4 is 15.9 Å². The van der Waals surface area contributed by atoms with Crippen molar-refractivity contribution in [1.29, 1.82) is 0 Å². The maximum absolute atomic E-state index is 12.4. The first-order valence-electron chi connectivity index (χ1n) is 9.41. The van der Waals surface area contributed by atoms with Gasteiger partial charge in [0.15, 0.2) is 0 Å². The summed E-state index contributed by atoms with van der Waals surface area (Å²) in [5.41, 5.74) is 1.65. The molecule has 0 aliphatic carbocycles. The van der Waals surface area contributed by atoms with Gasteiger partial charge in [0.1, 0.15) is 5.76 Å². The van der Waals surface area contributed by atoms with Gasteiger partial charge in [-0.3, -0.25) is 4.79 Å². The van der Waals surface area contributed by atoms with E-state index in [0.717, 1.165) is 12.8 Å². The predicted octanol–water partition coefficient (Wildman–Crippen LogP) is 3.51. The lowest BCUT2D eigenvalue weighted by Gasteiger charge is -2.14. The van der Waals surface area contributed by atoms with Crippen LogP contribution in [0.3, 0.4) is 0 Å². The van der Waals surface area contributed by atoms with Gasteiger partial charge in [0.25, 0.3) is 5.91 Å². The minimum absolute atomic E-state index is 0.000998. The Bertz CT molecular complexity index is 1010. The minimum Gasteiger partial charge on any atom is -0.468 e. The SMILES string of the molecule is C[C@H](CCc1ccccc1)NC(=O)c1ccc(S(=O)(=O)NCc2ccco2)cc1. The van der Waals surface area contributed by atoms with Gasteiger partial charge < -0.3 is 9.73 Å². The van der Waals surface area contributed by atoms with E-state index in [9.17, 15) is 13.2 Å². The molecule has 6 nitrogen and oxygen atoms in total. The zero-order valence-corrected chi connectivity index (χ0v) is 17.0. The van der Waals surface area contributed by atoms with E-state index < -0.39 is 10.0 Å². The highest BCUT2D eigenvalue weighted by Gasteiger charge is 2.16. The summed E-state index contributed by atoms with van der Waals surface area (Å²) in [5.74, 6) is 0.298. The van der Waals surface area contributed by atoms with Gasteiger partial charge in [0.05, 0.1) is 17.7 Å². The summed E-state index contributed by atoms with van der Waals surface area (Å²) in [6.45, 7) is 2.02. The van der Waals surface area contributed by atoms with Crippen LogP contribution in [0, 0.1) is 0 Å². The Morgan fingerprint density at radius 3 is 2.38 bits per heavy atom. The maximum atomic E-state index is 12.4. The molecule has 0 unspecified atom stereocenters. The molecule has 3 rings (SSSR count). The molecule has 0 saturated carbocycles. The Hall–Kier alpha value is -2.90. The topological polar surface area (TPSA) is 88.4 Å². The van der Waals surface area contributed by atoms with Crippen LogP contribution in [-0.2, 0) is 23.0 Å². The number of carbonyl (C=O) groups is 1. The fourth-order valence-electron chi connectivity index (χ4n) is 2.86. The standard InChI is InChI=1S/C22H24N2O4S/c1-17(9-10-18-6-3-2-4-7-18)24-22(25)19-11-13-21(14-12-19)29(26,27)23-16-20-8-5-15-28-20/h2-8,11-15,17,23H,9-10,16H2,1H3,(H,24,25)/t17-/m1/s1. The summed E-state index contributed by atoms with van der Waals surface area (Å²) in [7, 11) is -3.68. The lowest BCUT2D eigenvalue weighted by atomic mass is 10.1. The van der Waals surface area contributed by atoms with Crippen LogP contribution in [0.15, 0.2) is 82.3 Å². The quantitative estimate of drug-likeness (QED) is 0.563. The Kier molecular flexibility index (Phi) is 6.85. The summed E-state index contributed by atoms with van der Waals surface area (Å²) < 4.78 is 32.3. The largest absolute Gasteiger partial charge is 0.468 e. The highest BCUT2D eigenvalue weighted by Crippen LogP contribution is 2.12. The lowest BCUT2D eigenvalue weighted by molar-refractivity contribution is 0.0938. The molecule has 1 heterocycles. The summed E-state index contributed by atoms with van der Waals surface area (Å²) in [5, 5.41) is 2.95. The first-order valence-corrected chi connectivity index (χ1v) is 10.9. The van der Waals surface area contributed by atoms with Crippen molar-refractivity contribution in [2.24, 2.45) is 0 Å². The van der Waals surface area contributed by atoms with E-state index in [0.29, 0.717) is 11.3 Å². The first-order chi connectivity index (χ1) is 13.9. The average Bonchev–Trinajstić information content (AvgIpc) is 3.25. The zero-order valence-electron chi connectivity index (χ0n) is 16.2. The van der Waals surface area contributed by atoms with E-state index in [1.165, 1.54) is 36.1 Å². The van der Waals surface area contributed by atoms with Crippen molar-refractivity contribution in [2.75, 3.05) is 0 Å². The van der Waals surface area contributed by atoms with E-state index in [2.05, 4.69) is 22.2 Å². The Morgan fingerprint density at radius 2 is 1.72 bits per heavy atom. The molecule has 0 spiro atoms. The van der Waals surface area contributed by atoms with E-state index in [1.807, 2.05) is 25.1 Å². The first kappa shape index (κ1) is 20.8. The molecular weight excluding hydrogens is 388 g/mol. The maximum Gasteiger partial charge on any atom is 0.251 e. The van der Waals surface area contributed by atoms with Gasteiger partial charge >= 0.3 is 0 Å². The van der Waals surface area contributed by atoms with Crippen LogP contribution in [0.4, 0.5) is 0 Å². The summed E-state index contributed by atoms with van der Waals surface area (Å²) >= 11 is 0. The number of nitrogens with one attached hydrogen (secondary N) is 2. The molecule has 1 amide bonds. The summed E-state index contributed by atoms with van der Waals surface area (Å²) in [6, 6.07) is 19.4. The van der Waals surface area contributed by atoms with Gasteiger partial charge in [-0.15, -0.1) is 0 Å². The van der Waals surface area contributed by atoms with Crippen molar-refractivity contribution in [2.45, 2.75) is 37.2 Å². The van der Waals surface area contributed by atoms with Crippen molar-refractivity contribution in [3.05, 3.63) is 89.9 Å². The second kappa shape index (κ2) is 9.54. The molecule has 0 aliphatic heterocycles. The molecule has 1 aromatic heterocycles. The third-order valence-corrected chi connectivity index (χ3v) is 5.95. The zero-order chi connectivity index (χ0) is 20.7. The number of hydrogen-bond acceptors (Lipinski definition) is 4. The second-order valence-electron chi connectivity index (χ2n) is 6.83. The van der Waals surface area contributed by atoms with Gasteiger partial charge in [-0.2, -0.15) is 0 Å². The van der Waals surface area contributed by atoms with Crippen LogP contribution < -0.4 is 10.0 Å². The molecule has 0 bridgehead atoms. The van der Waals surface area contributed by atoms with E-state index >= 15 is 0 Å². The van der Waals surface area contributed by atoms with Crippen LogP contribution in [0.1, 0.15) is 35.0 Å². The molecule has 2 N–H and O–H groups in total. The molecule has 7 heteroatoms. The van der Waals surface area contributed by atoms with Gasteiger partial charge in [-0.1, -0.05) is 30.3 Å². The number of carbonyl (C=O) groups excluding carboxylic acids is 1. The molecule has 1 atom stereocenters. The minimum atomic E-state index is -3.68. The average molecular weight is 413 g/mol. The lowest BCUT2D eigenvalue weighted by Crippen LogP contribution is -2.33. The highest BCUT2D eigenvalue weighted by molar-refractivity contribution is 7.89. The number of aryl methyl sites for hydroxylation is 1. The number of furan rings is 1. The van der Waals surface area contributed by atoms with Crippen LogP contribution >= 0.6 is 0 Å². The number of amides is 1. The molecule has 29 heavy (non-hydrogen) atoms. The fourth-order valence-corrected chi connectivity index (χ4v) is 3.85. The van der Waals surface area contributed by atoms with E-state index in [1.54, 1.807) is 12.1 Å². The molecule has 3 aromatic rings. The molecule has 0 fully saturated rings. The number of sulfonamides is 1. The van der Waals surface area contributed by atoms with Crippen LogP contribution in [0.25, 0.3) is 0 Å². The molecular formula is C22H24N2O4S. The number of benzene rings is 2. The fraction of sp³-hybridized carbons (Fsp3) is 0.227. The molecule has 2 aromatic carbocycles. The Balaban J connectivity index is 1.53. The second-order valence-corrected chi connectivity index (χ2v) is 8.59. The van der Waals surface area contributed by atoms with E-state index in [4.69, 9.17) is 4.42 Å². The van der Waals surface area contributed by atoms with Gasteiger partial charge in [-0.05, 0) is 61.7 Å². The molecule has 152 valence electrons. The number of rotatable bonds is 9. The van der Waals surface area contributed by atoms with Gasteiger partial charge in [0.2, 0.25) is 10.0 Å². The summed E-state index contributed by atoms with van der Waals surface area (Å²) in [6.07, 6.45) is 3.18. The number of hydrogen-bond donors (Lipinski definition) is 2. The molecule has 0 aliphatic rings. The third kappa shape index (κ3) is 6.04. The Morgan fingerprint density at radius 1 is 1.00 bits per heavy atom. The predicted molar refractivity (Wildman–Crippen MR) is 111 cm³/mol. The Labute approximate surface area is 171 Å². The van der Waals surface area contributed by atoms with Gasteiger partial charge in [0, 0.05) is 11.6 Å². The summed E-state index contributed by atoms with van der Waals surface area (Å²) in [4.78, 5) is 12.5. The smallest absolute Gasteiger partial charge is 0.251 e. The monoisotopic (exact) mass is 412 g/mol. The van der Waals surface area contributed by atoms with Gasteiger partial charge in [-0.25, -0.2) is 13.1 Å². The van der Waals surface area contributed by atoms with Crippen molar-refractivity contribution < 1.29 is 17.6 Å². The normalized spacial score (nSPS) is 12.4. The van der Waals surface area contributed by atoms with Crippen LogP contribution in [0.5, 0.6) is 0 Å². The van der Waals surface area contributed by atoms with Crippen LogP contribution in [0.2, 0.25) is 0 Å².